The van der Waals surface area contributed by atoms with Crippen molar-refractivity contribution in [3.05, 3.63) is 83.7 Å². The first-order valence-corrected chi connectivity index (χ1v) is 8.68. The first-order chi connectivity index (χ1) is 13.7. The number of hydrogen-bond donors (Lipinski definition) is 2. The fourth-order valence-electron chi connectivity index (χ4n) is 2.88. The lowest BCUT2D eigenvalue weighted by molar-refractivity contribution is 0.0954. The van der Waals surface area contributed by atoms with Gasteiger partial charge in [-0.25, -0.2) is 5.43 Å². The fourth-order valence-corrected chi connectivity index (χ4v) is 2.88. The number of nitrogens with one attached hydrogen (secondary N) is 2. The minimum absolute atomic E-state index is 0.360. The molecule has 7 heteroatoms. The lowest BCUT2D eigenvalue weighted by atomic mass is 10.1. The highest BCUT2D eigenvalue weighted by Crippen LogP contribution is 2.25. The van der Waals surface area contributed by atoms with Crippen molar-refractivity contribution in [2.75, 3.05) is 0 Å². The predicted molar refractivity (Wildman–Crippen MR) is 106 cm³/mol. The van der Waals surface area contributed by atoms with Crippen LogP contribution in [0.25, 0.3) is 22.5 Å². The first kappa shape index (κ1) is 17.4. The van der Waals surface area contributed by atoms with Crippen molar-refractivity contribution in [2.24, 2.45) is 5.10 Å². The van der Waals surface area contributed by atoms with Gasteiger partial charge in [-0.2, -0.15) is 10.2 Å². The molecule has 2 N–H and O–H groups in total. The number of carbonyl (C=O) groups excluding carboxylic acids is 1. The molecule has 4 aromatic rings. The number of nitrogens with zero attached hydrogens (tertiary/aromatic N) is 3. The van der Waals surface area contributed by atoms with E-state index in [0.29, 0.717) is 17.0 Å². The zero-order valence-electron chi connectivity index (χ0n) is 15.1. The van der Waals surface area contributed by atoms with Crippen LogP contribution >= 0.6 is 0 Å². The van der Waals surface area contributed by atoms with Gasteiger partial charge in [0.1, 0.15) is 17.0 Å². The Labute approximate surface area is 161 Å². The van der Waals surface area contributed by atoms with E-state index < -0.39 is 5.91 Å². The molecule has 0 saturated heterocycles. The molecule has 0 aliphatic rings. The van der Waals surface area contributed by atoms with Crippen LogP contribution in [-0.2, 0) is 0 Å². The SMILES string of the molecule is Cc1onc(-c2ccccc2)c1C(=O)N/N=C/c1cn[nH]c1-c1ccccc1. The molecule has 28 heavy (non-hydrogen) atoms. The number of aryl methyl sites for hydroxylation is 1. The molecular weight excluding hydrogens is 354 g/mol. The summed E-state index contributed by atoms with van der Waals surface area (Å²) >= 11 is 0. The molecule has 2 aromatic heterocycles. The number of carbonyl (C=O) groups is 1. The van der Waals surface area contributed by atoms with Crippen LogP contribution in [0.4, 0.5) is 0 Å². The zero-order chi connectivity index (χ0) is 19.3. The third kappa shape index (κ3) is 3.45. The maximum Gasteiger partial charge on any atom is 0.277 e. The smallest absolute Gasteiger partial charge is 0.277 e. The van der Waals surface area contributed by atoms with Crippen LogP contribution in [0.5, 0.6) is 0 Å². The molecule has 0 spiro atoms. The van der Waals surface area contributed by atoms with Crippen LogP contribution in [0.1, 0.15) is 21.7 Å². The number of aromatic amines is 1. The standard InChI is InChI=1S/C21H17N5O2/c1-14-18(20(26-28-14)16-10-6-3-7-11-16)21(27)25-23-13-17-12-22-24-19(17)15-8-4-2-5-9-15/h2-13H,1H3,(H,22,24)(H,25,27)/b23-13+. The normalized spacial score (nSPS) is 11.0. The van der Waals surface area contributed by atoms with Crippen molar-refractivity contribution < 1.29 is 9.32 Å². The van der Waals surface area contributed by atoms with Crippen molar-refractivity contribution in [3.63, 3.8) is 0 Å². The maximum atomic E-state index is 12.7. The van der Waals surface area contributed by atoms with Gasteiger partial charge in [0, 0.05) is 16.7 Å². The van der Waals surface area contributed by atoms with E-state index >= 15 is 0 Å². The molecule has 7 nitrogen and oxygen atoms in total. The van der Waals surface area contributed by atoms with E-state index in [-0.39, 0.29) is 0 Å². The first-order valence-electron chi connectivity index (χ1n) is 8.68. The van der Waals surface area contributed by atoms with Crippen molar-refractivity contribution >= 4 is 12.1 Å². The van der Waals surface area contributed by atoms with Gasteiger partial charge in [-0.1, -0.05) is 65.8 Å². The second kappa shape index (κ2) is 7.71. The fraction of sp³-hybridized carbons (Fsp3) is 0.0476. The highest BCUT2D eigenvalue weighted by molar-refractivity contribution is 6.01. The molecule has 0 bridgehead atoms. The van der Waals surface area contributed by atoms with Gasteiger partial charge in [-0.05, 0) is 6.92 Å². The molecular formula is C21H17N5O2. The van der Waals surface area contributed by atoms with E-state index in [1.807, 2.05) is 60.7 Å². The highest BCUT2D eigenvalue weighted by Gasteiger charge is 2.21. The molecule has 0 saturated carbocycles. The molecule has 0 unspecified atom stereocenters. The minimum Gasteiger partial charge on any atom is -0.360 e. The van der Waals surface area contributed by atoms with Crippen LogP contribution in [0.3, 0.4) is 0 Å². The van der Waals surface area contributed by atoms with Gasteiger partial charge < -0.3 is 4.52 Å². The average molecular weight is 371 g/mol. The topological polar surface area (TPSA) is 96.2 Å². The quantitative estimate of drug-likeness (QED) is 0.412. The van der Waals surface area contributed by atoms with Gasteiger partial charge in [0.05, 0.1) is 18.1 Å². The van der Waals surface area contributed by atoms with Gasteiger partial charge in [-0.15, -0.1) is 0 Å². The Morgan fingerprint density at radius 3 is 2.46 bits per heavy atom. The molecule has 2 aromatic carbocycles. The lowest BCUT2D eigenvalue weighted by Crippen LogP contribution is -2.18. The van der Waals surface area contributed by atoms with Crippen molar-refractivity contribution in [3.8, 4) is 22.5 Å². The molecule has 1 amide bonds. The third-order valence-electron chi connectivity index (χ3n) is 4.24. The van der Waals surface area contributed by atoms with E-state index in [9.17, 15) is 4.79 Å². The van der Waals surface area contributed by atoms with E-state index in [1.54, 1.807) is 19.3 Å². The molecule has 0 radical (unpaired) electrons. The highest BCUT2D eigenvalue weighted by atomic mass is 16.5. The van der Waals surface area contributed by atoms with Crippen LogP contribution in [-0.4, -0.2) is 27.5 Å². The van der Waals surface area contributed by atoms with Gasteiger partial charge in [0.25, 0.3) is 5.91 Å². The Balaban J connectivity index is 1.54. The Kier molecular flexibility index (Phi) is 4.79. The third-order valence-corrected chi connectivity index (χ3v) is 4.24. The molecule has 0 aliphatic heterocycles. The molecule has 138 valence electrons. The van der Waals surface area contributed by atoms with Crippen LogP contribution in [0.15, 0.2) is 76.5 Å². The Hall–Kier alpha value is -4.00. The van der Waals surface area contributed by atoms with E-state index in [4.69, 9.17) is 4.52 Å². The summed E-state index contributed by atoms with van der Waals surface area (Å²) < 4.78 is 5.22. The van der Waals surface area contributed by atoms with Gasteiger partial charge in [-0.3, -0.25) is 9.89 Å². The van der Waals surface area contributed by atoms with Gasteiger partial charge in [0.2, 0.25) is 0 Å². The van der Waals surface area contributed by atoms with E-state index in [0.717, 1.165) is 22.4 Å². The van der Waals surface area contributed by atoms with Crippen LogP contribution < -0.4 is 5.43 Å². The van der Waals surface area contributed by atoms with E-state index in [1.165, 1.54) is 0 Å². The maximum absolute atomic E-state index is 12.7. The summed E-state index contributed by atoms with van der Waals surface area (Å²) in [5.74, 6) is 0.0402. The summed E-state index contributed by atoms with van der Waals surface area (Å²) in [6.45, 7) is 1.70. The number of H-pyrrole nitrogens is 1. The zero-order valence-corrected chi connectivity index (χ0v) is 15.1. The number of benzene rings is 2. The number of rotatable bonds is 5. The lowest BCUT2D eigenvalue weighted by Gasteiger charge is -2.02. The Bertz CT molecular complexity index is 1110. The molecule has 0 aliphatic carbocycles. The van der Waals surface area contributed by atoms with Crippen molar-refractivity contribution in [1.29, 1.82) is 0 Å². The second-order valence-corrected chi connectivity index (χ2v) is 6.09. The average Bonchev–Trinajstić information content (AvgIpc) is 3.36. The Morgan fingerprint density at radius 1 is 1.07 bits per heavy atom. The van der Waals surface area contributed by atoms with E-state index in [2.05, 4.69) is 25.9 Å². The number of aromatic nitrogens is 3. The summed E-state index contributed by atoms with van der Waals surface area (Å²) in [5.41, 5.74) is 6.75. The number of amides is 1. The van der Waals surface area contributed by atoms with Crippen LogP contribution in [0.2, 0.25) is 0 Å². The van der Waals surface area contributed by atoms with Crippen molar-refractivity contribution in [1.82, 2.24) is 20.8 Å². The molecule has 0 fully saturated rings. The minimum atomic E-state index is -0.390. The molecule has 2 heterocycles. The predicted octanol–water partition coefficient (Wildman–Crippen LogP) is 3.80. The number of hydrazone groups is 1. The summed E-state index contributed by atoms with van der Waals surface area (Å²) in [5, 5.41) is 15.1. The summed E-state index contributed by atoms with van der Waals surface area (Å²) in [6, 6.07) is 19.2. The van der Waals surface area contributed by atoms with Gasteiger partial charge >= 0.3 is 0 Å². The molecule has 4 rings (SSSR count). The van der Waals surface area contributed by atoms with Crippen LogP contribution in [0, 0.1) is 6.92 Å². The van der Waals surface area contributed by atoms with Crippen molar-refractivity contribution in [2.45, 2.75) is 6.92 Å². The second-order valence-electron chi connectivity index (χ2n) is 6.09. The molecule has 0 atom stereocenters. The largest absolute Gasteiger partial charge is 0.360 e. The summed E-state index contributed by atoms with van der Waals surface area (Å²) in [4.78, 5) is 12.7. The Morgan fingerprint density at radius 2 is 1.75 bits per heavy atom. The monoisotopic (exact) mass is 371 g/mol. The summed E-state index contributed by atoms with van der Waals surface area (Å²) in [7, 11) is 0. The van der Waals surface area contributed by atoms with Gasteiger partial charge in [0.15, 0.2) is 0 Å². The number of hydrogen-bond acceptors (Lipinski definition) is 5. The summed E-state index contributed by atoms with van der Waals surface area (Å²) in [6.07, 6.45) is 3.20.